The van der Waals surface area contributed by atoms with Crippen LogP contribution in [0, 0.1) is 0 Å². The van der Waals surface area contributed by atoms with E-state index in [0.29, 0.717) is 6.04 Å². The van der Waals surface area contributed by atoms with Crippen LogP contribution in [0.5, 0.6) is 0 Å². The summed E-state index contributed by atoms with van der Waals surface area (Å²) in [5.74, 6) is 0. The first-order valence-corrected chi connectivity index (χ1v) is 3.40. The first kappa shape index (κ1) is 5.80. The normalized spacial score (nSPS) is 22.7. The maximum atomic E-state index is 4.14. The third-order valence-corrected chi connectivity index (χ3v) is 1.87. The lowest BCUT2D eigenvalue weighted by atomic mass is 10.2. The van der Waals surface area contributed by atoms with E-state index in [0.717, 1.165) is 12.2 Å². The van der Waals surface area contributed by atoms with Gasteiger partial charge in [-0.1, -0.05) is 0 Å². The van der Waals surface area contributed by atoms with Gasteiger partial charge in [-0.3, -0.25) is 0 Å². The molecule has 52 valence electrons. The van der Waals surface area contributed by atoms with Gasteiger partial charge in [0, 0.05) is 24.3 Å². The maximum absolute atomic E-state index is 4.14. The molecule has 1 aromatic heterocycles. The summed E-state index contributed by atoms with van der Waals surface area (Å²) in [5, 5.41) is 3.28. The van der Waals surface area contributed by atoms with Crippen LogP contribution in [0.25, 0.3) is 0 Å². The Bertz CT molecular complexity index is 246. The van der Waals surface area contributed by atoms with E-state index in [4.69, 9.17) is 0 Å². The van der Waals surface area contributed by atoms with Crippen LogP contribution in [0.3, 0.4) is 0 Å². The van der Waals surface area contributed by atoms with E-state index in [1.165, 1.54) is 5.56 Å². The Morgan fingerprint density at radius 1 is 1.70 bits per heavy atom. The van der Waals surface area contributed by atoms with Gasteiger partial charge < -0.3 is 5.32 Å². The summed E-state index contributed by atoms with van der Waals surface area (Å²) in [6.07, 6.45) is 3.48. The van der Waals surface area contributed by atoms with Crippen molar-refractivity contribution in [3.8, 4) is 0 Å². The molecule has 0 saturated carbocycles. The third-order valence-electron chi connectivity index (χ3n) is 1.87. The van der Waals surface area contributed by atoms with Crippen molar-refractivity contribution in [3.05, 3.63) is 23.8 Å². The lowest BCUT2D eigenvalue weighted by Gasteiger charge is -2.00. The topological polar surface area (TPSA) is 37.8 Å². The highest BCUT2D eigenvalue weighted by molar-refractivity contribution is 5.23. The molecule has 1 aliphatic rings. The van der Waals surface area contributed by atoms with Crippen molar-refractivity contribution in [1.82, 2.24) is 15.3 Å². The van der Waals surface area contributed by atoms with Crippen LogP contribution in [-0.4, -0.2) is 9.97 Å². The fraction of sp³-hybridized carbons (Fsp3) is 0.429. The van der Waals surface area contributed by atoms with Gasteiger partial charge in [0.05, 0.1) is 5.69 Å². The molecule has 0 amide bonds. The van der Waals surface area contributed by atoms with Crippen molar-refractivity contribution in [2.24, 2.45) is 0 Å². The van der Waals surface area contributed by atoms with Gasteiger partial charge in [0.15, 0.2) is 0 Å². The molecule has 0 aliphatic carbocycles. The van der Waals surface area contributed by atoms with Crippen LogP contribution in [0.15, 0.2) is 12.5 Å². The second-order valence-corrected chi connectivity index (χ2v) is 2.53. The molecular weight excluding hydrogens is 126 g/mol. The number of rotatable bonds is 0. The van der Waals surface area contributed by atoms with Crippen molar-refractivity contribution in [2.45, 2.75) is 19.5 Å². The van der Waals surface area contributed by atoms with Crippen LogP contribution < -0.4 is 5.32 Å². The van der Waals surface area contributed by atoms with Gasteiger partial charge in [-0.15, -0.1) is 0 Å². The largest absolute Gasteiger partial charge is 0.304 e. The van der Waals surface area contributed by atoms with E-state index in [-0.39, 0.29) is 0 Å². The molecule has 1 aliphatic heterocycles. The Hall–Kier alpha value is -0.960. The van der Waals surface area contributed by atoms with Crippen molar-refractivity contribution in [2.75, 3.05) is 0 Å². The molecule has 2 rings (SSSR count). The van der Waals surface area contributed by atoms with E-state index in [2.05, 4.69) is 22.2 Å². The van der Waals surface area contributed by atoms with Crippen molar-refractivity contribution < 1.29 is 0 Å². The van der Waals surface area contributed by atoms with Crippen molar-refractivity contribution >= 4 is 0 Å². The Labute approximate surface area is 59.5 Å². The molecule has 3 nitrogen and oxygen atoms in total. The zero-order chi connectivity index (χ0) is 6.97. The molecule has 1 atom stereocenters. The van der Waals surface area contributed by atoms with E-state index < -0.39 is 0 Å². The summed E-state index contributed by atoms with van der Waals surface area (Å²) in [5.41, 5.74) is 2.38. The van der Waals surface area contributed by atoms with Crippen LogP contribution in [-0.2, 0) is 6.54 Å². The van der Waals surface area contributed by atoms with E-state index >= 15 is 0 Å². The van der Waals surface area contributed by atoms with E-state index in [1.807, 2.05) is 6.20 Å². The molecule has 1 aromatic rings. The Morgan fingerprint density at radius 3 is 3.40 bits per heavy atom. The fourth-order valence-corrected chi connectivity index (χ4v) is 1.23. The monoisotopic (exact) mass is 135 g/mol. The van der Waals surface area contributed by atoms with Gasteiger partial charge in [0.2, 0.25) is 0 Å². The minimum absolute atomic E-state index is 0.427. The SMILES string of the molecule is CC1NCc2ncncc21. The van der Waals surface area contributed by atoms with E-state index in [9.17, 15) is 0 Å². The van der Waals surface area contributed by atoms with Crippen LogP contribution in [0.2, 0.25) is 0 Å². The number of aromatic nitrogens is 2. The summed E-state index contributed by atoms with van der Waals surface area (Å²) >= 11 is 0. The van der Waals surface area contributed by atoms with Gasteiger partial charge in [-0.2, -0.15) is 0 Å². The molecule has 2 heterocycles. The minimum atomic E-state index is 0.427. The molecule has 0 bridgehead atoms. The second-order valence-electron chi connectivity index (χ2n) is 2.53. The first-order chi connectivity index (χ1) is 4.88. The highest BCUT2D eigenvalue weighted by atomic mass is 15.0. The lowest BCUT2D eigenvalue weighted by Crippen LogP contribution is -2.07. The predicted molar refractivity (Wildman–Crippen MR) is 37.3 cm³/mol. The number of hydrogen-bond acceptors (Lipinski definition) is 3. The number of hydrogen-bond donors (Lipinski definition) is 1. The van der Waals surface area contributed by atoms with Crippen molar-refractivity contribution in [3.63, 3.8) is 0 Å². The Balaban J connectivity index is 2.51. The van der Waals surface area contributed by atoms with Crippen LogP contribution in [0.1, 0.15) is 24.2 Å². The average Bonchev–Trinajstić information content (AvgIpc) is 2.34. The summed E-state index contributed by atoms with van der Waals surface area (Å²) in [6.45, 7) is 3.01. The van der Waals surface area contributed by atoms with Gasteiger partial charge >= 0.3 is 0 Å². The van der Waals surface area contributed by atoms with E-state index in [1.54, 1.807) is 6.33 Å². The summed E-state index contributed by atoms with van der Waals surface area (Å²) < 4.78 is 0. The molecule has 0 radical (unpaired) electrons. The first-order valence-electron chi connectivity index (χ1n) is 3.40. The standard InChI is InChI=1S/C7H9N3/c1-5-6-2-8-4-10-7(6)3-9-5/h2,4-5,9H,3H2,1H3. The smallest absolute Gasteiger partial charge is 0.115 e. The predicted octanol–water partition coefficient (Wildman–Crippen LogP) is 0.641. The highest BCUT2D eigenvalue weighted by Crippen LogP contribution is 2.20. The number of fused-ring (bicyclic) bond motifs is 1. The zero-order valence-corrected chi connectivity index (χ0v) is 5.83. The van der Waals surface area contributed by atoms with Gasteiger partial charge in [-0.25, -0.2) is 9.97 Å². The van der Waals surface area contributed by atoms with Gasteiger partial charge in [0.25, 0.3) is 0 Å². The quantitative estimate of drug-likeness (QED) is 0.567. The summed E-state index contributed by atoms with van der Waals surface area (Å²) in [6, 6.07) is 0.427. The Morgan fingerprint density at radius 2 is 2.60 bits per heavy atom. The van der Waals surface area contributed by atoms with Crippen LogP contribution in [0.4, 0.5) is 0 Å². The molecule has 0 spiro atoms. The third kappa shape index (κ3) is 0.708. The Kier molecular flexibility index (Phi) is 1.17. The highest BCUT2D eigenvalue weighted by Gasteiger charge is 2.17. The maximum Gasteiger partial charge on any atom is 0.115 e. The van der Waals surface area contributed by atoms with Gasteiger partial charge in [0.1, 0.15) is 6.33 Å². The molecule has 1 N–H and O–H groups in total. The average molecular weight is 135 g/mol. The fourth-order valence-electron chi connectivity index (χ4n) is 1.23. The molecular formula is C7H9N3. The minimum Gasteiger partial charge on any atom is -0.304 e. The number of nitrogens with zero attached hydrogens (tertiary/aromatic N) is 2. The second kappa shape index (κ2) is 2.02. The lowest BCUT2D eigenvalue weighted by molar-refractivity contribution is 0.631. The molecule has 10 heavy (non-hydrogen) atoms. The summed E-state index contributed by atoms with van der Waals surface area (Å²) in [7, 11) is 0. The molecule has 3 heteroatoms. The molecule has 1 unspecified atom stereocenters. The molecule has 0 fully saturated rings. The molecule has 0 aromatic carbocycles. The molecule has 0 saturated heterocycles. The van der Waals surface area contributed by atoms with Crippen LogP contribution >= 0.6 is 0 Å². The number of nitrogens with one attached hydrogen (secondary N) is 1. The zero-order valence-electron chi connectivity index (χ0n) is 5.83. The van der Waals surface area contributed by atoms with Gasteiger partial charge in [-0.05, 0) is 6.92 Å². The van der Waals surface area contributed by atoms with Crippen molar-refractivity contribution in [1.29, 1.82) is 0 Å². The summed E-state index contributed by atoms with van der Waals surface area (Å²) in [4.78, 5) is 8.09.